The molecule has 16 heavy (non-hydrogen) atoms. The molecular weight excluding hydrogens is 242 g/mol. The summed E-state index contributed by atoms with van der Waals surface area (Å²) < 4.78 is 23.1. The third-order valence-electron chi connectivity index (χ3n) is 2.26. The molecule has 0 heterocycles. The van der Waals surface area contributed by atoms with E-state index in [-0.39, 0.29) is 11.0 Å². The molecule has 0 radical (unpaired) electrons. The van der Waals surface area contributed by atoms with E-state index < -0.39 is 9.84 Å². The van der Waals surface area contributed by atoms with Gasteiger partial charge in [-0.2, -0.15) is 0 Å². The van der Waals surface area contributed by atoms with Crippen molar-refractivity contribution in [1.82, 2.24) is 0 Å². The van der Waals surface area contributed by atoms with Gasteiger partial charge in [-0.25, -0.2) is 8.42 Å². The summed E-state index contributed by atoms with van der Waals surface area (Å²) in [6.45, 7) is 3.41. The Hall–Kier alpha value is -0.680. The lowest BCUT2D eigenvalue weighted by atomic mass is 10.3. The zero-order valence-electron chi connectivity index (χ0n) is 9.51. The van der Waals surface area contributed by atoms with Crippen molar-refractivity contribution in [2.75, 3.05) is 17.2 Å². The molecule has 0 unspecified atom stereocenters. The van der Waals surface area contributed by atoms with Crippen LogP contribution in [0, 0.1) is 0 Å². The Kier molecular flexibility index (Phi) is 4.68. The first kappa shape index (κ1) is 13.4. The summed E-state index contributed by atoms with van der Waals surface area (Å²) in [6.07, 6.45) is 0. The first-order valence-corrected chi connectivity index (χ1v) is 7.82. The van der Waals surface area contributed by atoms with Gasteiger partial charge < -0.3 is 5.73 Å². The minimum atomic E-state index is -2.94. The first-order valence-electron chi connectivity index (χ1n) is 5.12. The van der Waals surface area contributed by atoms with Crippen LogP contribution in [0.25, 0.3) is 0 Å². The smallest absolute Gasteiger partial charge is 0.153 e. The summed E-state index contributed by atoms with van der Waals surface area (Å²) >= 11 is 1.49. The van der Waals surface area contributed by atoms with Crippen molar-refractivity contribution < 1.29 is 8.42 Å². The highest BCUT2D eigenvalue weighted by molar-refractivity contribution is 8.01. The maximum atomic E-state index is 11.6. The lowest BCUT2D eigenvalue weighted by Crippen LogP contribution is -2.18. The molecule has 1 aromatic carbocycles. The predicted octanol–water partition coefficient (Wildman–Crippen LogP) is 2.18. The highest BCUT2D eigenvalue weighted by Gasteiger charge is 2.15. The lowest BCUT2D eigenvalue weighted by molar-refractivity contribution is 0.589. The number of benzene rings is 1. The minimum absolute atomic E-state index is 0.198. The van der Waals surface area contributed by atoms with Gasteiger partial charge >= 0.3 is 0 Å². The van der Waals surface area contributed by atoms with Gasteiger partial charge in [-0.3, -0.25) is 0 Å². The lowest BCUT2D eigenvalue weighted by Gasteiger charge is -2.08. The predicted molar refractivity (Wildman–Crippen MR) is 70.5 cm³/mol. The Morgan fingerprint density at radius 2 is 1.94 bits per heavy atom. The van der Waals surface area contributed by atoms with Crippen LogP contribution in [0.1, 0.15) is 13.8 Å². The summed E-state index contributed by atoms with van der Waals surface area (Å²) in [5.41, 5.74) is 6.46. The van der Waals surface area contributed by atoms with Gasteiger partial charge in [0.15, 0.2) is 9.84 Å². The summed E-state index contributed by atoms with van der Waals surface area (Å²) in [7, 11) is -2.94. The van der Waals surface area contributed by atoms with Gasteiger partial charge in [0.1, 0.15) is 0 Å². The molecule has 0 spiro atoms. The highest BCUT2D eigenvalue weighted by atomic mass is 32.2. The molecule has 0 saturated carbocycles. The number of para-hydroxylation sites is 1. The number of anilines is 1. The van der Waals surface area contributed by atoms with Gasteiger partial charge in [0.05, 0.1) is 11.0 Å². The van der Waals surface area contributed by atoms with Crippen molar-refractivity contribution in [3.63, 3.8) is 0 Å². The molecule has 0 fully saturated rings. The van der Waals surface area contributed by atoms with E-state index in [0.717, 1.165) is 4.90 Å². The van der Waals surface area contributed by atoms with Crippen LogP contribution in [0.5, 0.6) is 0 Å². The Labute approximate surface area is 101 Å². The monoisotopic (exact) mass is 259 g/mol. The van der Waals surface area contributed by atoms with Crippen molar-refractivity contribution in [3.05, 3.63) is 24.3 Å². The number of rotatable bonds is 5. The summed E-state index contributed by atoms with van der Waals surface area (Å²) in [6, 6.07) is 7.49. The molecule has 0 atom stereocenters. The van der Waals surface area contributed by atoms with Crippen LogP contribution in [-0.4, -0.2) is 25.2 Å². The number of thioether (sulfide) groups is 1. The molecule has 1 aromatic rings. The summed E-state index contributed by atoms with van der Waals surface area (Å²) in [4.78, 5) is 0.946. The molecule has 0 amide bonds. The van der Waals surface area contributed by atoms with Crippen molar-refractivity contribution in [2.24, 2.45) is 0 Å². The molecule has 0 aromatic heterocycles. The standard InChI is InChI=1S/C11H17NO2S2/c1-9(2)16(13,14)8-7-15-11-6-4-3-5-10(11)12/h3-6,9H,7-8,12H2,1-2H3. The van der Waals surface area contributed by atoms with Crippen LogP contribution < -0.4 is 5.73 Å². The third-order valence-corrected chi connectivity index (χ3v) is 5.82. The molecule has 90 valence electrons. The molecule has 0 aliphatic carbocycles. The average molecular weight is 259 g/mol. The van der Waals surface area contributed by atoms with E-state index in [2.05, 4.69) is 0 Å². The third kappa shape index (κ3) is 3.72. The Bertz CT molecular complexity index is 441. The van der Waals surface area contributed by atoms with Crippen LogP contribution in [-0.2, 0) is 9.84 Å². The van der Waals surface area contributed by atoms with E-state index in [9.17, 15) is 8.42 Å². The Morgan fingerprint density at radius 3 is 2.50 bits per heavy atom. The van der Waals surface area contributed by atoms with Crippen LogP contribution in [0.4, 0.5) is 5.69 Å². The molecule has 1 rings (SSSR count). The van der Waals surface area contributed by atoms with Crippen LogP contribution in [0.2, 0.25) is 0 Å². The maximum Gasteiger partial charge on any atom is 0.153 e. The van der Waals surface area contributed by atoms with E-state index >= 15 is 0 Å². The Balaban J connectivity index is 2.52. The van der Waals surface area contributed by atoms with Gasteiger partial charge in [-0.05, 0) is 26.0 Å². The topological polar surface area (TPSA) is 60.2 Å². The van der Waals surface area contributed by atoms with E-state index in [1.54, 1.807) is 13.8 Å². The van der Waals surface area contributed by atoms with Crippen LogP contribution >= 0.6 is 11.8 Å². The van der Waals surface area contributed by atoms with Gasteiger partial charge in [0.25, 0.3) is 0 Å². The number of hydrogen-bond acceptors (Lipinski definition) is 4. The van der Waals surface area contributed by atoms with E-state index in [0.29, 0.717) is 11.4 Å². The Morgan fingerprint density at radius 1 is 1.31 bits per heavy atom. The summed E-state index contributed by atoms with van der Waals surface area (Å²) in [5.74, 6) is 0.748. The van der Waals surface area contributed by atoms with E-state index in [1.807, 2.05) is 24.3 Å². The number of nitrogens with two attached hydrogens (primary N) is 1. The van der Waals surface area contributed by atoms with Crippen molar-refractivity contribution >= 4 is 27.3 Å². The SMILES string of the molecule is CC(C)S(=O)(=O)CCSc1ccccc1N. The van der Waals surface area contributed by atoms with Crippen molar-refractivity contribution in [2.45, 2.75) is 24.0 Å². The van der Waals surface area contributed by atoms with Gasteiger partial charge in [0.2, 0.25) is 0 Å². The molecule has 0 aliphatic rings. The van der Waals surface area contributed by atoms with Crippen molar-refractivity contribution in [3.8, 4) is 0 Å². The number of nitrogen functional groups attached to an aromatic ring is 1. The van der Waals surface area contributed by atoms with E-state index in [4.69, 9.17) is 5.73 Å². The first-order chi connectivity index (χ1) is 7.43. The molecular formula is C11H17NO2S2. The molecule has 0 aliphatic heterocycles. The fourth-order valence-electron chi connectivity index (χ4n) is 1.12. The molecule has 0 saturated heterocycles. The second kappa shape index (κ2) is 5.59. The fraction of sp³-hybridized carbons (Fsp3) is 0.455. The molecule has 5 heteroatoms. The second-order valence-corrected chi connectivity index (χ2v) is 7.62. The fourth-order valence-corrected chi connectivity index (χ4v) is 3.48. The van der Waals surface area contributed by atoms with Gasteiger partial charge in [-0.15, -0.1) is 11.8 Å². The van der Waals surface area contributed by atoms with Crippen LogP contribution in [0.15, 0.2) is 29.2 Å². The van der Waals surface area contributed by atoms with Crippen LogP contribution in [0.3, 0.4) is 0 Å². The van der Waals surface area contributed by atoms with Gasteiger partial charge in [0, 0.05) is 16.3 Å². The number of hydrogen-bond donors (Lipinski definition) is 1. The molecule has 2 N–H and O–H groups in total. The highest BCUT2D eigenvalue weighted by Crippen LogP contribution is 2.24. The van der Waals surface area contributed by atoms with E-state index in [1.165, 1.54) is 11.8 Å². The summed E-state index contributed by atoms with van der Waals surface area (Å²) in [5, 5.41) is -0.304. The largest absolute Gasteiger partial charge is 0.398 e. The van der Waals surface area contributed by atoms with Gasteiger partial charge in [-0.1, -0.05) is 12.1 Å². The maximum absolute atomic E-state index is 11.6. The number of sulfone groups is 1. The zero-order chi connectivity index (χ0) is 12.2. The average Bonchev–Trinajstić information content (AvgIpc) is 2.20. The molecule has 0 bridgehead atoms. The quantitative estimate of drug-likeness (QED) is 0.650. The minimum Gasteiger partial charge on any atom is -0.398 e. The zero-order valence-corrected chi connectivity index (χ0v) is 11.1. The van der Waals surface area contributed by atoms with Crippen molar-refractivity contribution in [1.29, 1.82) is 0 Å². The normalized spacial score (nSPS) is 11.9. The molecule has 3 nitrogen and oxygen atoms in total. The second-order valence-electron chi connectivity index (χ2n) is 3.80.